The van der Waals surface area contributed by atoms with Crippen LogP contribution in [0.2, 0.25) is 5.02 Å². The van der Waals surface area contributed by atoms with E-state index in [-0.39, 0.29) is 5.91 Å². The molecule has 1 amide bonds. The van der Waals surface area contributed by atoms with Crippen LogP contribution in [0, 0.1) is 3.57 Å². The van der Waals surface area contributed by atoms with Crippen LogP contribution in [0.15, 0.2) is 18.2 Å². The van der Waals surface area contributed by atoms with Gasteiger partial charge in [0.05, 0.1) is 0 Å². The molecule has 0 aliphatic carbocycles. The zero-order chi connectivity index (χ0) is 10.1. The standard InChI is InChI=1S/C10H9ClINO/c11-8-4-7(5-9(12)6-8)10(14)13-2-1-3-13/h4-6H,1-3H2. The highest BCUT2D eigenvalue weighted by Crippen LogP contribution is 2.19. The summed E-state index contributed by atoms with van der Waals surface area (Å²) >= 11 is 8.05. The fourth-order valence-electron chi connectivity index (χ4n) is 1.38. The summed E-state index contributed by atoms with van der Waals surface area (Å²) in [5.74, 6) is 0.0941. The number of carbonyl (C=O) groups is 1. The molecule has 0 aromatic heterocycles. The van der Waals surface area contributed by atoms with Gasteiger partial charge in [-0.25, -0.2) is 0 Å². The molecule has 1 aliphatic heterocycles. The van der Waals surface area contributed by atoms with E-state index in [2.05, 4.69) is 22.6 Å². The van der Waals surface area contributed by atoms with Gasteiger partial charge in [0.15, 0.2) is 0 Å². The Balaban J connectivity index is 2.26. The van der Waals surface area contributed by atoms with Crippen molar-refractivity contribution in [2.24, 2.45) is 0 Å². The lowest BCUT2D eigenvalue weighted by Gasteiger charge is -2.31. The Morgan fingerprint density at radius 3 is 2.57 bits per heavy atom. The molecule has 0 spiro atoms. The van der Waals surface area contributed by atoms with Gasteiger partial charge in [-0.15, -0.1) is 0 Å². The quantitative estimate of drug-likeness (QED) is 0.728. The third kappa shape index (κ3) is 2.03. The first-order valence-corrected chi connectivity index (χ1v) is 5.88. The summed E-state index contributed by atoms with van der Waals surface area (Å²) in [4.78, 5) is 13.6. The Kier molecular flexibility index (Phi) is 2.97. The van der Waals surface area contributed by atoms with Crippen LogP contribution < -0.4 is 0 Å². The van der Waals surface area contributed by atoms with Gasteiger partial charge in [-0.2, -0.15) is 0 Å². The topological polar surface area (TPSA) is 20.3 Å². The van der Waals surface area contributed by atoms with Crippen LogP contribution in [0.1, 0.15) is 16.8 Å². The second kappa shape index (κ2) is 4.06. The molecule has 14 heavy (non-hydrogen) atoms. The predicted molar refractivity (Wildman–Crippen MR) is 64.7 cm³/mol. The van der Waals surface area contributed by atoms with Crippen LogP contribution in [0.5, 0.6) is 0 Å². The van der Waals surface area contributed by atoms with Crippen molar-refractivity contribution in [2.45, 2.75) is 6.42 Å². The van der Waals surface area contributed by atoms with Gasteiger partial charge in [0.1, 0.15) is 0 Å². The van der Waals surface area contributed by atoms with E-state index in [0.717, 1.165) is 23.1 Å². The predicted octanol–water partition coefficient (Wildman–Crippen LogP) is 2.79. The van der Waals surface area contributed by atoms with Crippen molar-refractivity contribution in [2.75, 3.05) is 13.1 Å². The molecule has 4 heteroatoms. The molecule has 1 saturated heterocycles. The summed E-state index contributed by atoms with van der Waals surface area (Å²) in [6.07, 6.45) is 1.11. The molecule has 74 valence electrons. The first kappa shape index (κ1) is 10.2. The largest absolute Gasteiger partial charge is 0.339 e. The highest BCUT2D eigenvalue weighted by atomic mass is 127. The van der Waals surface area contributed by atoms with Gasteiger partial charge in [-0.1, -0.05) is 11.6 Å². The smallest absolute Gasteiger partial charge is 0.253 e. The zero-order valence-electron chi connectivity index (χ0n) is 7.46. The number of nitrogens with zero attached hydrogens (tertiary/aromatic N) is 1. The summed E-state index contributed by atoms with van der Waals surface area (Å²) in [5, 5.41) is 0.626. The molecule has 0 unspecified atom stereocenters. The third-order valence-electron chi connectivity index (χ3n) is 2.25. The van der Waals surface area contributed by atoms with Crippen LogP contribution >= 0.6 is 34.2 Å². The summed E-state index contributed by atoms with van der Waals surface area (Å²) < 4.78 is 0.999. The van der Waals surface area contributed by atoms with Crippen LogP contribution in [-0.2, 0) is 0 Å². The lowest BCUT2D eigenvalue weighted by Crippen LogP contribution is -2.42. The number of hydrogen-bond donors (Lipinski definition) is 0. The van der Waals surface area contributed by atoms with Crippen molar-refractivity contribution in [3.8, 4) is 0 Å². The fourth-order valence-corrected chi connectivity index (χ4v) is 2.47. The molecule has 0 bridgehead atoms. The minimum absolute atomic E-state index is 0.0941. The normalized spacial score (nSPS) is 15.1. The first-order chi connectivity index (χ1) is 6.66. The summed E-state index contributed by atoms with van der Waals surface area (Å²) in [5.41, 5.74) is 0.696. The number of rotatable bonds is 1. The average Bonchev–Trinajstić information content (AvgIpc) is 1.98. The molecule has 1 aromatic carbocycles. The maximum absolute atomic E-state index is 11.8. The van der Waals surface area contributed by atoms with Crippen molar-refractivity contribution in [1.82, 2.24) is 4.90 Å². The molecular formula is C10H9ClINO. The Labute approximate surface area is 101 Å². The van der Waals surface area contributed by atoms with E-state index in [9.17, 15) is 4.79 Å². The van der Waals surface area contributed by atoms with Gasteiger partial charge < -0.3 is 4.90 Å². The lowest BCUT2D eigenvalue weighted by atomic mass is 10.1. The molecular weight excluding hydrogens is 312 g/mol. The van der Waals surface area contributed by atoms with E-state index in [1.165, 1.54) is 0 Å². The summed E-state index contributed by atoms with van der Waals surface area (Å²) in [6, 6.07) is 5.44. The number of likely N-dealkylation sites (tertiary alicyclic amines) is 1. The van der Waals surface area contributed by atoms with E-state index in [1.807, 2.05) is 17.0 Å². The van der Waals surface area contributed by atoms with Crippen LogP contribution in [0.25, 0.3) is 0 Å². The molecule has 0 N–H and O–H groups in total. The Morgan fingerprint density at radius 2 is 2.07 bits per heavy atom. The molecule has 0 radical (unpaired) electrons. The van der Waals surface area contributed by atoms with Gasteiger partial charge >= 0.3 is 0 Å². The maximum atomic E-state index is 11.8. The third-order valence-corrected chi connectivity index (χ3v) is 3.09. The fraction of sp³-hybridized carbons (Fsp3) is 0.300. The number of halogens is 2. The molecule has 0 saturated carbocycles. The highest BCUT2D eigenvalue weighted by molar-refractivity contribution is 14.1. The Morgan fingerprint density at radius 1 is 1.36 bits per heavy atom. The minimum Gasteiger partial charge on any atom is -0.339 e. The van der Waals surface area contributed by atoms with E-state index in [4.69, 9.17) is 11.6 Å². The monoisotopic (exact) mass is 321 g/mol. The van der Waals surface area contributed by atoms with Gasteiger partial charge in [0.2, 0.25) is 0 Å². The minimum atomic E-state index is 0.0941. The van der Waals surface area contributed by atoms with Gasteiger partial charge in [-0.3, -0.25) is 4.79 Å². The van der Waals surface area contributed by atoms with Crippen LogP contribution in [0.4, 0.5) is 0 Å². The molecule has 1 fully saturated rings. The van der Waals surface area contributed by atoms with Crippen molar-refractivity contribution in [3.05, 3.63) is 32.4 Å². The van der Waals surface area contributed by atoms with E-state index in [1.54, 1.807) is 6.07 Å². The van der Waals surface area contributed by atoms with Crippen molar-refractivity contribution in [3.63, 3.8) is 0 Å². The summed E-state index contributed by atoms with van der Waals surface area (Å²) in [7, 11) is 0. The van der Waals surface area contributed by atoms with E-state index in [0.29, 0.717) is 10.6 Å². The van der Waals surface area contributed by atoms with E-state index >= 15 is 0 Å². The van der Waals surface area contributed by atoms with Crippen molar-refractivity contribution < 1.29 is 4.79 Å². The first-order valence-electron chi connectivity index (χ1n) is 4.42. The van der Waals surface area contributed by atoms with Crippen LogP contribution in [0.3, 0.4) is 0 Å². The van der Waals surface area contributed by atoms with Gasteiger partial charge in [0, 0.05) is 27.2 Å². The molecule has 1 aromatic rings. The van der Waals surface area contributed by atoms with Gasteiger partial charge in [-0.05, 0) is 47.2 Å². The lowest BCUT2D eigenvalue weighted by molar-refractivity contribution is 0.0652. The number of benzene rings is 1. The molecule has 1 aliphatic rings. The summed E-state index contributed by atoms with van der Waals surface area (Å²) in [6.45, 7) is 1.75. The second-order valence-electron chi connectivity index (χ2n) is 3.30. The number of amides is 1. The Bertz CT molecular complexity index is 356. The van der Waals surface area contributed by atoms with Gasteiger partial charge in [0.25, 0.3) is 5.91 Å². The maximum Gasteiger partial charge on any atom is 0.253 e. The molecule has 0 atom stereocenters. The second-order valence-corrected chi connectivity index (χ2v) is 4.99. The molecule has 2 nitrogen and oxygen atoms in total. The number of carbonyl (C=O) groups excluding carboxylic acids is 1. The zero-order valence-corrected chi connectivity index (χ0v) is 10.4. The molecule has 1 heterocycles. The van der Waals surface area contributed by atoms with E-state index < -0.39 is 0 Å². The van der Waals surface area contributed by atoms with Crippen molar-refractivity contribution in [1.29, 1.82) is 0 Å². The highest BCUT2D eigenvalue weighted by Gasteiger charge is 2.21. The van der Waals surface area contributed by atoms with Crippen molar-refractivity contribution >= 4 is 40.1 Å². The van der Waals surface area contributed by atoms with Crippen LogP contribution in [-0.4, -0.2) is 23.9 Å². The number of hydrogen-bond acceptors (Lipinski definition) is 1. The SMILES string of the molecule is O=C(c1cc(Cl)cc(I)c1)N1CCC1. The Hall–Kier alpha value is -0.290. The average molecular weight is 322 g/mol. The molecule has 2 rings (SSSR count).